The Morgan fingerprint density at radius 3 is 2.50 bits per heavy atom. The molecule has 0 saturated carbocycles. The van der Waals surface area contributed by atoms with E-state index in [1.165, 1.54) is 0 Å². The SMILES string of the molecule is COCOc1c(-c2ccccc2)cc(OC)c2c3c(ccc12)OC(C)(C)C=C3. The van der Waals surface area contributed by atoms with Gasteiger partial charge in [0, 0.05) is 29.0 Å². The maximum atomic E-state index is 6.15. The van der Waals surface area contributed by atoms with Crippen LogP contribution in [0.15, 0.2) is 54.6 Å². The summed E-state index contributed by atoms with van der Waals surface area (Å²) in [4.78, 5) is 0. The second-order valence-corrected chi connectivity index (χ2v) is 7.31. The molecule has 0 spiro atoms. The fourth-order valence-corrected chi connectivity index (χ4v) is 3.59. The van der Waals surface area contributed by atoms with E-state index in [9.17, 15) is 0 Å². The van der Waals surface area contributed by atoms with Crippen molar-refractivity contribution in [2.75, 3.05) is 21.0 Å². The molecular formula is C24H24O4. The molecule has 3 aromatic carbocycles. The zero-order chi connectivity index (χ0) is 19.7. The van der Waals surface area contributed by atoms with E-state index in [1.807, 2.05) is 50.2 Å². The average molecular weight is 376 g/mol. The van der Waals surface area contributed by atoms with Crippen molar-refractivity contribution in [3.05, 3.63) is 60.2 Å². The van der Waals surface area contributed by atoms with E-state index in [2.05, 4.69) is 24.3 Å². The molecule has 0 fully saturated rings. The summed E-state index contributed by atoms with van der Waals surface area (Å²) in [6.45, 7) is 4.25. The van der Waals surface area contributed by atoms with Crippen LogP contribution in [0.1, 0.15) is 19.4 Å². The minimum atomic E-state index is -0.340. The lowest BCUT2D eigenvalue weighted by Crippen LogP contribution is -2.27. The molecule has 0 N–H and O–H groups in total. The van der Waals surface area contributed by atoms with Gasteiger partial charge in [-0.3, -0.25) is 0 Å². The zero-order valence-corrected chi connectivity index (χ0v) is 16.6. The van der Waals surface area contributed by atoms with Crippen molar-refractivity contribution in [1.29, 1.82) is 0 Å². The number of hydrogen-bond acceptors (Lipinski definition) is 4. The van der Waals surface area contributed by atoms with Crippen molar-refractivity contribution in [3.8, 4) is 28.4 Å². The van der Waals surface area contributed by atoms with Crippen LogP contribution in [0.4, 0.5) is 0 Å². The Kier molecular flexibility index (Phi) is 4.73. The van der Waals surface area contributed by atoms with Gasteiger partial charge in [0.2, 0.25) is 0 Å². The van der Waals surface area contributed by atoms with Crippen LogP contribution in [0.2, 0.25) is 0 Å². The standard InChI is InChI=1S/C24H24O4/c1-24(2)13-12-17-20(28-24)11-10-18-22(17)21(26-4)14-19(23(18)27-15-25-3)16-8-6-5-7-9-16/h5-14H,15H2,1-4H3. The third-order valence-electron chi connectivity index (χ3n) is 4.87. The number of fused-ring (bicyclic) bond motifs is 3. The van der Waals surface area contributed by atoms with Crippen LogP contribution in [0.3, 0.4) is 0 Å². The van der Waals surface area contributed by atoms with Crippen LogP contribution in [-0.4, -0.2) is 26.6 Å². The fraction of sp³-hybridized carbons (Fsp3) is 0.250. The normalized spacial score (nSPS) is 14.4. The lowest BCUT2D eigenvalue weighted by molar-refractivity contribution is 0.0526. The molecule has 144 valence electrons. The monoisotopic (exact) mass is 376 g/mol. The summed E-state index contributed by atoms with van der Waals surface area (Å²) in [7, 11) is 3.31. The van der Waals surface area contributed by atoms with Crippen molar-refractivity contribution in [2.24, 2.45) is 0 Å². The molecule has 1 aliphatic rings. The highest BCUT2D eigenvalue weighted by Crippen LogP contribution is 2.47. The molecule has 4 rings (SSSR count). The molecule has 0 aliphatic carbocycles. The predicted octanol–water partition coefficient (Wildman–Crippen LogP) is 5.68. The van der Waals surface area contributed by atoms with Crippen molar-refractivity contribution in [2.45, 2.75) is 19.4 Å². The summed E-state index contributed by atoms with van der Waals surface area (Å²) in [5.41, 5.74) is 2.67. The Morgan fingerprint density at radius 1 is 1.00 bits per heavy atom. The number of benzene rings is 3. The summed E-state index contributed by atoms with van der Waals surface area (Å²) in [6, 6.07) is 16.2. The predicted molar refractivity (Wildman–Crippen MR) is 112 cm³/mol. The molecule has 0 bridgehead atoms. The number of ether oxygens (including phenoxy) is 4. The first-order valence-corrected chi connectivity index (χ1v) is 9.27. The van der Waals surface area contributed by atoms with Gasteiger partial charge in [-0.25, -0.2) is 0 Å². The maximum Gasteiger partial charge on any atom is 0.188 e. The van der Waals surface area contributed by atoms with Crippen LogP contribution in [0.25, 0.3) is 28.0 Å². The lowest BCUT2D eigenvalue weighted by atomic mass is 9.93. The molecule has 28 heavy (non-hydrogen) atoms. The van der Waals surface area contributed by atoms with Crippen LogP contribution in [-0.2, 0) is 4.74 Å². The summed E-state index contributed by atoms with van der Waals surface area (Å²) in [5, 5.41) is 1.93. The molecule has 4 nitrogen and oxygen atoms in total. The van der Waals surface area contributed by atoms with Crippen LogP contribution in [0, 0.1) is 0 Å². The number of hydrogen-bond donors (Lipinski definition) is 0. The Morgan fingerprint density at radius 2 is 1.79 bits per heavy atom. The van der Waals surface area contributed by atoms with E-state index < -0.39 is 0 Å². The van der Waals surface area contributed by atoms with Crippen LogP contribution in [0.5, 0.6) is 17.2 Å². The van der Waals surface area contributed by atoms with Crippen molar-refractivity contribution >= 4 is 16.8 Å². The van der Waals surface area contributed by atoms with E-state index in [0.717, 1.165) is 44.7 Å². The van der Waals surface area contributed by atoms with Gasteiger partial charge in [0.05, 0.1) is 7.11 Å². The highest BCUT2D eigenvalue weighted by atomic mass is 16.7. The van der Waals surface area contributed by atoms with Crippen molar-refractivity contribution in [3.63, 3.8) is 0 Å². The van der Waals surface area contributed by atoms with Crippen molar-refractivity contribution in [1.82, 2.24) is 0 Å². The van der Waals surface area contributed by atoms with Crippen molar-refractivity contribution < 1.29 is 18.9 Å². The van der Waals surface area contributed by atoms with E-state index in [-0.39, 0.29) is 12.4 Å². The number of methoxy groups -OCH3 is 2. The molecule has 0 unspecified atom stereocenters. The summed E-state index contributed by atoms with van der Waals surface area (Å²) >= 11 is 0. The molecule has 0 atom stereocenters. The molecule has 0 radical (unpaired) electrons. The average Bonchev–Trinajstić information content (AvgIpc) is 2.71. The largest absolute Gasteiger partial charge is 0.496 e. The first kappa shape index (κ1) is 18.4. The van der Waals surface area contributed by atoms with Gasteiger partial charge in [0.1, 0.15) is 22.8 Å². The third kappa shape index (κ3) is 3.20. The second-order valence-electron chi connectivity index (χ2n) is 7.31. The van der Waals surface area contributed by atoms with Gasteiger partial charge in [-0.1, -0.05) is 36.4 Å². The molecule has 0 amide bonds. The Balaban J connectivity index is 2.03. The Hall–Kier alpha value is -2.98. The summed E-state index contributed by atoms with van der Waals surface area (Å²) in [5.74, 6) is 2.39. The highest BCUT2D eigenvalue weighted by Gasteiger charge is 2.26. The molecule has 0 aromatic heterocycles. The Labute approximate surface area is 165 Å². The van der Waals surface area contributed by atoms with E-state index in [1.54, 1.807) is 14.2 Å². The summed E-state index contributed by atoms with van der Waals surface area (Å²) in [6.07, 6.45) is 4.17. The quantitative estimate of drug-likeness (QED) is 0.537. The van der Waals surface area contributed by atoms with Gasteiger partial charge in [0.25, 0.3) is 0 Å². The molecule has 3 aromatic rings. The van der Waals surface area contributed by atoms with Gasteiger partial charge in [-0.15, -0.1) is 0 Å². The maximum absolute atomic E-state index is 6.15. The molecule has 0 saturated heterocycles. The molecule has 1 aliphatic heterocycles. The van der Waals surface area contributed by atoms with Gasteiger partial charge < -0.3 is 18.9 Å². The fourth-order valence-electron chi connectivity index (χ4n) is 3.59. The minimum Gasteiger partial charge on any atom is -0.496 e. The second kappa shape index (κ2) is 7.21. The zero-order valence-electron chi connectivity index (χ0n) is 16.6. The topological polar surface area (TPSA) is 36.9 Å². The van der Waals surface area contributed by atoms with E-state index >= 15 is 0 Å². The molecule has 1 heterocycles. The van der Waals surface area contributed by atoms with Gasteiger partial charge in [-0.05, 0) is 43.7 Å². The first-order chi connectivity index (χ1) is 13.5. The lowest BCUT2D eigenvalue weighted by Gasteiger charge is -2.29. The smallest absolute Gasteiger partial charge is 0.188 e. The van der Waals surface area contributed by atoms with Crippen LogP contribution < -0.4 is 14.2 Å². The minimum absolute atomic E-state index is 0.164. The Bertz CT molecular complexity index is 1040. The molecular weight excluding hydrogens is 352 g/mol. The highest BCUT2D eigenvalue weighted by molar-refractivity contribution is 6.05. The van der Waals surface area contributed by atoms with E-state index in [4.69, 9.17) is 18.9 Å². The first-order valence-electron chi connectivity index (χ1n) is 9.27. The van der Waals surface area contributed by atoms with Gasteiger partial charge in [-0.2, -0.15) is 0 Å². The number of rotatable bonds is 5. The van der Waals surface area contributed by atoms with Gasteiger partial charge in [0.15, 0.2) is 6.79 Å². The molecule has 4 heteroatoms. The van der Waals surface area contributed by atoms with E-state index in [0.29, 0.717) is 0 Å². The third-order valence-corrected chi connectivity index (χ3v) is 4.87. The van der Waals surface area contributed by atoms with Gasteiger partial charge >= 0.3 is 0 Å². The van der Waals surface area contributed by atoms with Crippen LogP contribution >= 0.6 is 0 Å². The summed E-state index contributed by atoms with van der Waals surface area (Å²) < 4.78 is 23.2.